The van der Waals surface area contributed by atoms with Gasteiger partial charge in [0.25, 0.3) is 11.5 Å². The van der Waals surface area contributed by atoms with E-state index in [0.29, 0.717) is 42.1 Å². The maximum absolute atomic E-state index is 13.2. The molecular formula is C29H36F2N4O5S. The van der Waals surface area contributed by atoms with E-state index >= 15 is 0 Å². The molecule has 12 heteroatoms. The lowest BCUT2D eigenvalue weighted by molar-refractivity contribution is -0.201. The third-order valence-corrected chi connectivity index (χ3v) is 8.45. The molecular weight excluding hydrogens is 554 g/mol. The van der Waals surface area contributed by atoms with Crippen LogP contribution in [-0.4, -0.2) is 66.6 Å². The standard InChI is InChI=1S/C29H36F2N4O5S/c1-5-19(35-13-21(14-35)40-29(30)31)7-6-8-20-15-38-26-18(11-32)10-22(17(3)25(26)39-20)27(36)33-12-23-24(41-4)9-16(2)34-28(23)37/h9-10,19-21,29H,5-8,12-15H2,1-4H3,(H,33,36)(H,34,37)/t19-,20?/m1/s1. The first-order chi connectivity index (χ1) is 19.6. The van der Waals surface area contributed by atoms with Gasteiger partial charge in [-0.15, -0.1) is 11.8 Å². The lowest BCUT2D eigenvalue weighted by Crippen LogP contribution is -2.56. The van der Waals surface area contributed by atoms with E-state index in [4.69, 9.17) is 9.47 Å². The number of pyridine rings is 1. The molecule has 1 fully saturated rings. The number of hydrogen-bond donors (Lipinski definition) is 2. The number of ether oxygens (including phenoxy) is 3. The molecule has 0 saturated carbocycles. The number of benzene rings is 1. The van der Waals surface area contributed by atoms with Crippen LogP contribution >= 0.6 is 11.8 Å². The Balaban J connectivity index is 1.39. The van der Waals surface area contributed by atoms with Crippen molar-refractivity contribution in [1.82, 2.24) is 15.2 Å². The fourth-order valence-corrected chi connectivity index (χ4v) is 6.09. The van der Waals surface area contributed by atoms with Crippen LogP contribution in [0.2, 0.25) is 0 Å². The Morgan fingerprint density at radius 2 is 2.07 bits per heavy atom. The number of carbonyl (C=O) groups excluding carboxylic acids is 1. The number of aryl methyl sites for hydroxylation is 1. The van der Waals surface area contributed by atoms with Gasteiger partial charge in [-0.2, -0.15) is 14.0 Å². The normalized spacial score (nSPS) is 17.7. The molecule has 0 aliphatic carbocycles. The number of fused-ring (bicyclic) bond motifs is 1. The largest absolute Gasteiger partial charge is 0.484 e. The van der Waals surface area contributed by atoms with Crippen molar-refractivity contribution >= 4 is 17.7 Å². The number of H-pyrrole nitrogens is 1. The van der Waals surface area contributed by atoms with E-state index < -0.39 is 18.6 Å². The van der Waals surface area contributed by atoms with Gasteiger partial charge in [-0.1, -0.05) is 6.92 Å². The Labute approximate surface area is 242 Å². The number of alkyl halides is 2. The zero-order chi connectivity index (χ0) is 29.7. The summed E-state index contributed by atoms with van der Waals surface area (Å²) in [5.74, 6) is 0.286. The fourth-order valence-electron chi connectivity index (χ4n) is 5.38. The molecule has 3 heterocycles. The van der Waals surface area contributed by atoms with Crippen LogP contribution in [0.4, 0.5) is 8.78 Å². The van der Waals surface area contributed by atoms with Crippen molar-refractivity contribution in [3.63, 3.8) is 0 Å². The van der Waals surface area contributed by atoms with E-state index in [1.54, 1.807) is 13.8 Å². The Bertz CT molecular complexity index is 1360. The summed E-state index contributed by atoms with van der Waals surface area (Å²) in [4.78, 5) is 31.4. The maximum atomic E-state index is 13.2. The van der Waals surface area contributed by atoms with Crippen molar-refractivity contribution in [3.8, 4) is 17.6 Å². The number of nitrogens with zero attached hydrogens (tertiary/aromatic N) is 2. The van der Waals surface area contributed by atoms with Crippen molar-refractivity contribution < 1.29 is 27.8 Å². The average molecular weight is 591 g/mol. The monoisotopic (exact) mass is 590 g/mol. The molecule has 4 rings (SSSR count). The molecule has 1 saturated heterocycles. The molecule has 1 amide bonds. The number of nitriles is 1. The van der Waals surface area contributed by atoms with Crippen molar-refractivity contribution in [2.75, 3.05) is 26.0 Å². The van der Waals surface area contributed by atoms with Crippen LogP contribution < -0.4 is 20.3 Å². The van der Waals surface area contributed by atoms with Crippen LogP contribution in [0.5, 0.6) is 11.5 Å². The molecule has 2 aromatic rings. The van der Waals surface area contributed by atoms with Crippen LogP contribution in [0.15, 0.2) is 21.8 Å². The highest BCUT2D eigenvalue weighted by Gasteiger charge is 2.34. The van der Waals surface area contributed by atoms with Gasteiger partial charge in [0.1, 0.15) is 18.8 Å². The minimum absolute atomic E-state index is 0.0354. The quantitative estimate of drug-likeness (QED) is 0.347. The maximum Gasteiger partial charge on any atom is 0.345 e. The number of likely N-dealkylation sites (tertiary alicyclic amines) is 1. The van der Waals surface area contributed by atoms with Gasteiger partial charge in [-0.25, -0.2) is 0 Å². The molecule has 1 aromatic carbocycles. The first-order valence-corrected chi connectivity index (χ1v) is 15.0. The summed E-state index contributed by atoms with van der Waals surface area (Å²) in [6.45, 7) is 4.24. The number of aromatic amines is 1. The van der Waals surface area contributed by atoms with Gasteiger partial charge in [-0.3, -0.25) is 14.5 Å². The smallest absolute Gasteiger partial charge is 0.345 e. The fraction of sp³-hybridized carbons (Fsp3) is 0.552. The van der Waals surface area contributed by atoms with Crippen LogP contribution in [0.1, 0.15) is 65.3 Å². The molecule has 0 bridgehead atoms. The van der Waals surface area contributed by atoms with E-state index in [1.165, 1.54) is 17.8 Å². The van der Waals surface area contributed by atoms with Crippen LogP contribution in [0.25, 0.3) is 0 Å². The molecule has 2 aliphatic heterocycles. The molecule has 0 radical (unpaired) electrons. The van der Waals surface area contributed by atoms with Gasteiger partial charge in [0.2, 0.25) is 0 Å². The van der Waals surface area contributed by atoms with E-state index in [2.05, 4.69) is 32.9 Å². The SMILES string of the molecule is CC[C@H](CCCC1COc2c(C#N)cc(C(=O)NCc3c(SC)cc(C)[nH]c3=O)c(C)c2O1)N1CC(OC(F)F)C1. The van der Waals surface area contributed by atoms with Crippen LogP contribution in [0, 0.1) is 25.2 Å². The zero-order valence-electron chi connectivity index (χ0n) is 23.7. The summed E-state index contributed by atoms with van der Waals surface area (Å²) in [6.07, 6.45) is 4.52. The van der Waals surface area contributed by atoms with Gasteiger partial charge in [0.05, 0.1) is 11.7 Å². The van der Waals surface area contributed by atoms with E-state index in [0.717, 1.165) is 29.9 Å². The molecule has 41 heavy (non-hydrogen) atoms. The van der Waals surface area contributed by atoms with E-state index in [9.17, 15) is 23.6 Å². The topological polar surface area (TPSA) is 117 Å². The second-order valence-electron chi connectivity index (χ2n) is 10.4. The minimum atomic E-state index is -2.74. The highest BCUT2D eigenvalue weighted by molar-refractivity contribution is 7.98. The Morgan fingerprint density at radius 3 is 2.73 bits per heavy atom. The third kappa shape index (κ3) is 7.20. The number of halogens is 2. The lowest BCUT2D eigenvalue weighted by Gasteiger charge is -2.43. The first-order valence-electron chi connectivity index (χ1n) is 13.7. The van der Waals surface area contributed by atoms with Gasteiger partial charge in [-0.05, 0) is 57.9 Å². The molecule has 2 aliphatic rings. The second-order valence-corrected chi connectivity index (χ2v) is 11.2. The van der Waals surface area contributed by atoms with Gasteiger partial charge >= 0.3 is 6.61 Å². The lowest BCUT2D eigenvalue weighted by atomic mass is 9.98. The van der Waals surface area contributed by atoms with E-state index in [1.807, 2.05) is 12.3 Å². The summed E-state index contributed by atoms with van der Waals surface area (Å²) in [5, 5.41) is 12.6. The van der Waals surface area contributed by atoms with Crippen molar-refractivity contribution in [2.45, 2.75) is 82.8 Å². The van der Waals surface area contributed by atoms with Crippen molar-refractivity contribution in [2.24, 2.45) is 0 Å². The summed E-state index contributed by atoms with van der Waals surface area (Å²) in [7, 11) is 0. The van der Waals surface area contributed by atoms with Gasteiger partial charge in [0.15, 0.2) is 11.5 Å². The predicted molar refractivity (Wildman–Crippen MR) is 151 cm³/mol. The predicted octanol–water partition coefficient (Wildman–Crippen LogP) is 4.53. The molecule has 9 nitrogen and oxygen atoms in total. The number of aromatic nitrogens is 1. The van der Waals surface area contributed by atoms with E-state index in [-0.39, 0.29) is 42.0 Å². The van der Waals surface area contributed by atoms with Crippen molar-refractivity contribution in [3.05, 3.63) is 50.4 Å². The van der Waals surface area contributed by atoms with Crippen LogP contribution in [0.3, 0.4) is 0 Å². The summed E-state index contributed by atoms with van der Waals surface area (Å²) < 4.78 is 41.6. The Hall–Kier alpha value is -3.14. The first kappa shape index (κ1) is 30.8. The van der Waals surface area contributed by atoms with Gasteiger partial charge in [0, 0.05) is 53.0 Å². The highest BCUT2D eigenvalue weighted by Crippen LogP contribution is 2.41. The number of thioether (sulfide) groups is 1. The van der Waals surface area contributed by atoms with Gasteiger partial charge < -0.3 is 24.5 Å². The summed E-state index contributed by atoms with van der Waals surface area (Å²) >= 11 is 1.43. The third-order valence-electron chi connectivity index (χ3n) is 7.65. The number of amides is 1. The number of nitrogens with one attached hydrogen (secondary N) is 2. The average Bonchev–Trinajstić information content (AvgIpc) is 2.92. The molecule has 2 N–H and O–H groups in total. The highest BCUT2D eigenvalue weighted by atomic mass is 32.2. The van der Waals surface area contributed by atoms with Crippen LogP contribution in [-0.2, 0) is 11.3 Å². The summed E-state index contributed by atoms with van der Waals surface area (Å²) in [5.41, 5.74) is 1.99. The summed E-state index contributed by atoms with van der Waals surface area (Å²) in [6, 6.07) is 5.73. The molecule has 2 atom stereocenters. The number of hydrogen-bond acceptors (Lipinski definition) is 8. The minimum Gasteiger partial charge on any atom is -0.484 e. The Morgan fingerprint density at radius 1 is 1.32 bits per heavy atom. The zero-order valence-corrected chi connectivity index (χ0v) is 24.5. The Kier molecular flexibility index (Phi) is 10.3. The number of rotatable bonds is 12. The molecule has 1 unspecified atom stereocenters. The molecule has 0 spiro atoms. The number of carbonyl (C=O) groups is 1. The van der Waals surface area contributed by atoms with Crippen molar-refractivity contribution in [1.29, 1.82) is 5.26 Å². The molecule has 222 valence electrons. The molecule has 1 aromatic heterocycles. The second kappa shape index (κ2) is 13.7.